The van der Waals surface area contributed by atoms with Gasteiger partial charge in [-0.15, -0.1) is 0 Å². The Kier molecular flexibility index (Phi) is 6.49. The molecule has 0 spiro atoms. The van der Waals surface area contributed by atoms with Crippen LogP contribution in [0.25, 0.3) is 0 Å². The molecule has 1 aromatic rings. The number of primary amides is 1. The number of methoxy groups -OCH3 is 1. The van der Waals surface area contributed by atoms with Gasteiger partial charge in [-0.2, -0.15) is 0 Å². The molecule has 0 radical (unpaired) electrons. The molecule has 0 aliphatic carbocycles. The van der Waals surface area contributed by atoms with E-state index in [0.717, 1.165) is 24.5 Å². The molecule has 1 aromatic carbocycles. The summed E-state index contributed by atoms with van der Waals surface area (Å²) in [6, 6.07) is 7.36. The molecule has 0 saturated heterocycles. The van der Waals surface area contributed by atoms with Crippen molar-refractivity contribution < 1.29 is 14.3 Å². The molecule has 0 aliphatic rings. The summed E-state index contributed by atoms with van der Waals surface area (Å²) < 4.78 is 10.9. The van der Waals surface area contributed by atoms with Gasteiger partial charge in [0.25, 0.3) is 0 Å². The third kappa shape index (κ3) is 5.27. The van der Waals surface area contributed by atoms with Crippen LogP contribution in [0.5, 0.6) is 11.5 Å². The smallest absolute Gasteiger partial charge is 0.237 e. The van der Waals surface area contributed by atoms with Crippen LogP contribution in [-0.4, -0.2) is 31.2 Å². The lowest BCUT2D eigenvalue weighted by Gasteiger charge is -2.30. The first-order valence-corrected chi connectivity index (χ1v) is 7.27. The molecular weight excluding hydrogens is 268 g/mol. The lowest BCUT2D eigenvalue weighted by molar-refractivity contribution is -0.124. The summed E-state index contributed by atoms with van der Waals surface area (Å²) in [5, 5.41) is 3.21. The molecule has 1 rings (SSSR count). The van der Waals surface area contributed by atoms with E-state index in [2.05, 4.69) is 5.32 Å². The predicted molar refractivity (Wildman–Crippen MR) is 83.6 cm³/mol. The van der Waals surface area contributed by atoms with E-state index in [-0.39, 0.29) is 12.0 Å². The van der Waals surface area contributed by atoms with Crippen LogP contribution in [0.2, 0.25) is 0 Å². The molecule has 21 heavy (non-hydrogen) atoms. The van der Waals surface area contributed by atoms with Gasteiger partial charge in [-0.25, -0.2) is 0 Å². The Labute approximate surface area is 126 Å². The van der Waals surface area contributed by atoms with Gasteiger partial charge in [0.05, 0.1) is 18.8 Å². The molecule has 1 amide bonds. The highest BCUT2D eigenvalue weighted by molar-refractivity contribution is 5.84. The first-order valence-electron chi connectivity index (χ1n) is 7.27. The fourth-order valence-corrected chi connectivity index (χ4v) is 2.16. The van der Waals surface area contributed by atoms with Crippen LogP contribution < -0.4 is 20.5 Å². The number of ether oxygens (including phenoxy) is 2. The van der Waals surface area contributed by atoms with Crippen molar-refractivity contribution in [2.24, 2.45) is 5.73 Å². The quantitative estimate of drug-likeness (QED) is 0.731. The van der Waals surface area contributed by atoms with Crippen molar-refractivity contribution in [3.05, 3.63) is 24.3 Å². The van der Waals surface area contributed by atoms with Gasteiger partial charge < -0.3 is 20.5 Å². The molecule has 5 heteroatoms. The van der Waals surface area contributed by atoms with E-state index in [1.165, 1.54) is 0 Å². The van der Waals surface area contributed by atoms with Crippen molar-refractivity contribution in [3.8, 4) is 11.5 Å². The summed E-state index contributed by atoms with van der Waals surface area (Å²) in [5.41, 5.74) is 4.76. The van der Waals surface area contributed by atoms with Crippen molar-refractivity contribution in [3.63, 3.8) is 0 Å². The van der Waals surface area contributed by atoms with Gasteiger partial charge in [0, 0.05) is 6.42 Å². The van der Waals surface area contributed by atoms with Gasteiger partial charge in [-0.05, 0) is 51.1 Å². The van der Waals surface area contributed by atoms with Crippen molar-refractivity contribution in [1.82, 2.24) is 5.32 Å². The number of hydrogen-bond acceptors (Lipinski definition) is 4. The lowest BCUT2D eigenvalue weighted by atomic mass is 9.93. The number of nitrogens with two attached hydrogens (primary N) is 1. The molecule has 0 saturated carbocycles. The maximum absolute atomic E-state index is 11.7. The third-order valence-electron chi connectivity index (χ3n) is 3.40. The maximum Gasteiger partial charge on any atom is 0.237 e. The lowest BCUT2D eigenvalue weighted by Crippen LogP contribution is -2.55. The molecule has 2 unspecified atom stereocenters. The van der Waals surface area contributed by atoms with Gasteiger partial charge in [0.2, 0.25) is 5.91 Å². The third-order valence-corrected chi connectivity index (χ3v) is 3.40. The Balaban J connectivity index is 2.64. The number of hydrogen-bond donors (Lipinski definition) is 2. The molecular formula is C16H26N2O3. The average Bonchev–Trinajstić information content (AvgIpc) is 2.45. The maximum atomic E-state index is 11.7. The van der Waals surface area contributed by atoms with E-state index in [0.29, 0.717) is 6.42 Å². The second kappa shape index (κ2) is 7.88. The molecule has 118 valence electrons. The molecule has 0 bridgehead atoms. The molecule has 5 nitrogen and oxygen atoms in total. The van der Waals surface area contributed by atoms with Crippen LogP contribution in [0.4, 0.5) is 0 Å². The zero-order chi connectivity index (χ0) is 15.9. The monoisotopic (exact) mass is 294 g/mol. The normalized spacial score (nSPS) is 15.0. The van der Waals surface area contributed by atoms with E-state index in [4.69, 9.17) is 15.2 Å². The summed E-state index contributed by atoms with van der Waals surface area (Å²) in [4.78, 5) is 11.7. The average molecular weight is 294 g/mol. The Morgan fingerprint density at radius 3 is 2.38 bits per heavy atom. The molecule has 3 N–H and O–H groups in total. The van der Waals surface area contributed by atoms with Crippen molar-refractivity contribution >= 4 is 5.91 Å². The first kappa shape index (κ1) is 17.3. The topological polar surface area (TPSA) is 73.6 Å². The summed E-state index contributed by atoms with van der Waals surface area (Å²) >= 11 is 0. The number of nitrogens with one attached hydrogen (secondary N) is 1. The van der Waals surface area contributed by atoms with Gasteiger partial charge in [0.15, 0.2) is 0 Å². The molecule has 0 fully saturated rings. The minimum atomic E-state index is -0.762. The SMILES string of the molecule is CCCNC(C)(CC(C)Oc1ccc(OC)cc1)C(N)=O. The Morgan fingerprint density at radius 2 is 1.90 bits per heavy atom. The second-order valence-electron chi connectivity index (χ2n) is 5.43. The van der Waals surface area contributed by atoms with E-state index in [1.807, 2.05) is 45.0 Å². The number of benzene rings is 1. The van der Waals surface area contributed by atoms with Gasteiger partial charge in [0.1, 0.15) is 11.5 Å². The molecule has 0 aromatic heterocycles. The van der Waals surface area contributed by atoms with E-state index in [9.17, 15) is 4.79 Å². The minimum absolute atomic E-state index is 0.139. The van der Waals surface area contributed by atoms with Crippen molar-refractivity contribution in [2.45, 2.75) is 45.3 Å². The van der Waals surface area contributed by atoms with Gasteiger partial charge in [-0.3, -0.25) is 4.79 Å². The minimum Gasteiger partial charge on any atom is -0.497 e. The Bertz CT molecular complexity index is 447. The van der Waals surface area contributed by atoms with Crippen LogP contribution in [0.15, 0.2) is 24.3 Å². The van der Waals surface area contributed by atoms with E-state index in [1.54, 1.807) is 7.11 Å². The van der Waals surface area contributed by atoms with Crippen LogP contribution in [0, 0.1) is 0 Å². The summed E-state index contributed by atoms with van der Waals surface area (Å²) in [6.45, 7) is 6.54. The molecule has 0 aliphatic heterocycles. The zero-order valence-electron chi connectivity index (χ0n) is 13.3. The van der Waals surface area contributed by atoms with Gasteiger partial charge in [-0.1, -0.05) is 6.92 Å². The van der Waals surface area contributed by atoms with Crippen LogP contribution in [-0.2, 0) is 4.79 Å². The van der Waals surface area contributed by atoms with E-state index < -0.39 is 5.54 Å². The fraction of sp³-hybridized carbons (Fsp3) is 0.562. The van der Waals surface area contributed by atoms with Crippen LogP contribution in [0.3, 0.4) is 0 Å². The summed E-state index contributed by atoms with van der Waals surface area (Å²) in [6.07, 6.45) is 1.31. The van der Waals surface area contributed by atoms with Crippen molar-refractivity contribution in [1.29, 1.82) is 0 Å². The second-order valence-corrected chi connectivity index (χ2v) is 5.43. The van der Waals surface area contributed by atoms with Crippen molar-refractivity contribution in [2.75, 3.05) is 13.7 Å². The Hall–Kier alpha value is -1.75. The number of amides is 1. The zero-order valence-corrected chi connectivity index (χ0v) is 13.3. The predicted octanol–water partition coefficient (Wildman–Crippen LogP) is 2.10. The summed E-state index contributed by atoms with van der Waals surface area (Å²) in [5.74, 6) is 1.16. The van der Waals surface area contributed by atoms with Gasteiger partial charge >= 0.3 is 0 Å². The number of carbonyl (C=O) groups is 1. The molecule has 2 atom stereocenters. The highest BCUT2D eigenvalue weighted by atomic mass is 16.5. The van der Waals surface area contributed by atoms with E-state index >= 15 is 0 Å². The molecule has 0 heterocycles. The van der Waals surface area contributed by atoms with Crippen LogP contribution in [0.1, 0.15) is 33.6 Å². The number of carbonyl (C=O) groups excluding carboxylic acids is 1. The number of rotatable bonds is 9. The standard InChI is InChI=1S/C16H26N2O3/c1-5-10-18-16(3,15(17)19)11-12(2)21-14-8-6-13(20-4)7-9-14/h6-9,12,18H,5,10-11H2,1-4H3,(H2,17,19). The highest BCUT2D eigenvalue weighted by Gasteiger charge is 2.32. The fourth-order valence-electron chi connectivity index (χ4n) is 2.16. The first-order chi connectivity index (χ1) is 9.91. The largest absolute Gasteiger partial charge is 0.497 e. The van der Waals surface area contributed by atoms with Crippen LogP contribution >= 0.6 is 0 Å². The highest BCUT2D eigenvalue weighted by Crippen LogP contribution is 2.21. The summed E-state index contributed by atoms with van der Waals surface area (Å²) in [7, 11) is 1.62. The Morgan fingerprint density at radius 1 is 1.33 bits per heavy atom.